The van der Waals surface area contributed by atoms with Crippen molar-refractivity contribution in [2.45, 2.75) is 25.0 Å². The fourth-order valence-corrected chi connectivity index (χ4v) is 0.598. The summed E-state index contributed by atoms with van der Waals surface area (Å²) < 4.78 is 5.21. The molecule has 0 rings (SSSR count). The summed E-state index contributed by atoms with van der Waals surface area (Å²) in [7, 11) is 0. The fourth-order valence-electron chi connectivity index (χ4n) is 0.432. The van der Waals surface area contributed by atoms with E-state index < -0.39 is 0 Å². The number of ether oxygens (including phenoxy) is 1. The number of hydrogen-bond donors (Lipinski definition) is 0. The summed E-state index contributed by atoms with van der Waals surface area (Å²) in [5, 5.41) is 1.16. The molecule has 0 fully saturated rings. The Morgan fingerprint density at radius 3 is 2.62 bits per heavy atom. The molecule has 0 amide bonds. The van der Waals surface area contributed by atoms with Crippen molar-refractivity contribution < 1.29 is 4.74 Å². The molecule has 0 spiro atoms. The normalized spacial score (nSPS) is 9.88. The van der Waals surface area contributed by atoms with Crippen LogP contribution >= 0.6 is 0 Å². The average Bonchev–Trinajstić information content (AvgIpc) is 1.81. The van der Waals surface area contributed by atoms with Gasteiger partial charge in [0, 0.05) is 0 Å². The van der Waals surface area contributed by atoms with Crippen molar-refractivity contribution in [1.29, 1.82) is 0 Å². The third kappa shape index (κ3) is 6.49. The molecule has 0 heterocycles. The predicted octanol–water partition coefficient (Wildman–Crippen LogP) is 1.39. The molecule has 0 saturated heterocycles. The Kier molecular flexibility index (Phi) is 7.95. The van der Waals surface area contributed by atoms with Crippen LogP contribution in [0.15, 0.2) is 0 Å². The maximum absolute atomic E-state index is 5.21. The van der Waals surface area contributed by atoms with Gasteiger partial charge in [-0.3, -0.25) is 0 Å². The van der Waals surface area contributed by atoms with Gasteiger partial charge >= 0.3 is 59.3 Å². The molecule has 0 aromatic rings. The van der Waals surface area contributed by atoms with Crippen LogP contribution in [0, 0.1) is 0 Å². The third-order valence-corrected chi connectivity index (χ3v) is 1.25. The van der Waals surface area contributed by atoms with Crippen molar-refractivity contribution in [1.82, 2.24) is 0 Å². The summed E-state index contributed by atoms with van der Waals surface area (Å²) in [4.78, 5) is 0. The molecule has 0 unspecified atom stereocenters. The van der Waals surface area contributed by atoms with Crippen molar-refractivity contribution in [2.24, 2.45) is 0 Å². The van der Waals surface area contributed by atoms with Crippen LogP contribution in [0.3, 0.4) is 0 Å². The average molecular weight is 128 g/mol. The first-order valence-corrected chi connectivity index (χ1v) is 4.01. The van der Waals surface area contributed by atoms with Crippen molar-refractivity contribution in [3.63, 3.8) is 0 Å². The Morgan fingerprint density at radius 1 is 1.38 bits per heavy atom. The molecule has 0 aromatic carbocycles. The topological polar surface area (TPSA) is 9.23 Å². The third-order valence-electron chi connectivity index (χ3n) is 0.841. The standard InChI is InChI=1S/C6H13O.Al/c1-3-5-7-6-4-2;/h1,3-6H2,2H3;/q;+2. The fraction of sp³-hybridized carbons (Fsp3) is 1.00. The van der Waals surface area contributed by atoms with Gasteiger partial charge in [0.1, 0.15) is 0 Å². The molecule has 8 heavy (non-hydrogen) atoms. The summed E-state index contributed by atoms with van der Waals surface area (Å²) >= 11 is 2.69. The van der Waals surface area contributed by atoms with Gasteiger partial charge in [0.15, 0.2) is 0 Å². The summed E-state index contributed by atoms with van der Waals surface area (Å²) in [5.41, 5.74) is 0. The summed E-state index contributed by atoms with van der Waals surface area (Å²) in [6, 6.07) is 0. The van der Waals surface area contributed by atoms with Gasteiger partial charge in [-0.05, 0) is 0 Å². The Hall–Kier alpha value is 0.492. The first-order chi connectivity index (χ1) is 3.91. The van der Waals surface area contributed by atoms with Gasteiger partial charge < -0.3 is 0 Å². The molecule has 0 atom stereocenters. The zero-order valence-corrected chi connectivity index (χ0v) is 6.68. The zero-order chi connectivity index (χ0) is 6.24. The van der Waals surface area contributed by atoms with Crippen LogP contribution in [0.1, 0.15) is 19.8 Å². The van der Waals surface area contributed by atoms with E-state index in [4.69, 9.17) is 4.74 Å². The van der Waals surface area contributed by atoms with Crippen molar-refractivity contribution in [2.75, 3.05) is 13.2 Å². The minimum absolute atomic E-state index is 0.921. The van der Waals surface area contributed by atoms with E-state index in [-0.39, 0.29) is 0 Å². The molecule has 44 valence electrons. The van der Waals surface area contributed by atoms with Crippen LogP contribution in [-0.4, -0.2) is 29.5 Å². The Labute approximate surface area is 59.8 Å². The molecule has 0 aliphatic heterocycles. The molecule has 1 nitrogen and oxygen atoms in total. The summed E-state index contributed by atoms with van der Waals surface area (Å²) in [6.45, 7) is 3.97. The van der Waals surface area contributed by atoms with Gasteiger partial charge in [-0.2, -0.15) is 0 Å². The van der Waals surface area contributed by atoms with Gasteiger partial charge in [0.05, 0.1) is 0 Å². The first-order valence-electron chi connectivity index (χ1n) is 3.19. The SMILES string of the molecule is CCCOCC[CH2][Al+2]. The molecule has 0 saturated carbocycles. The number of hydrogen-bond acceptors (Lipinski definition) is 1. The van der Waals surface area contributed by atoms with Gasteiger partial charge in [-0.15, -0.1) is 0 Å². The molecular formula is C6H13AlO+2. The molecule has 0 N–H and O–H groups in total. The van der Waals surface area contributed by atoms with E-state index in [2.05, 4.69) is 23.2 Å². The Morgan fingerprint density at radius 2 is 2.12 bits per heavy atom. The molecular weight excluding hydrogens is 115 g/mol. The van der Waals surface area contributed by atoms with Crippen LogP contribution in [0.25, 0.3) is 0 Å². The van der Waals surface area contributed by atoms with Gasteiger partial charge in [0.2, 0.25) is 0 Å². The van der Waals surface area contributed by atoms with Crippen molar-refractivity contribution in [3.8, 4) is 0 Å². The van der Waals surface area contributed by atoms with Gasteiger partial charge in [0.25, 0.3) is 0 Å². The zero-order valence-electron chi connectivity index (χ0n) is 5.52. The van der Waals surface area contributed by atoms with Crippen LogP contribution in [0.2, 0.25) is 5.28 Å². The molecule has 0 bridgehead atoms. The monoisotopic (exact) mass is 128 g/mol. The molecule has 0 aliphatic rings. The van der Waals surface area contributed by atoms with Crippen LogP contribution in [-0.2, 0) is 4.74 Å². The summed E-state index contributed by atoms with van der Waals surface area (Å²) in [5.74, 6) is 0. The second-order valence-electron chi connectivity index (χ2n) is 1.75. The second-order valence-corrected chi connectivity index (χ2v) is 2.33. The van der Waals surface area contributed by atoms with E-state index in [9.17, 15) is 0 Å². The quantitative estimate of drug-likeness (QED) is 0.401. The van der Waals surface area contributed by atoms with E-state index in [0.29, 0.717) is 0 Å². The van der Waals surface area contributed by atoms with Crippen molar-refractivity contribution in [3.05, 3.63) is 0 Å². The first kappa shape index (κ1) is 8.49. The second kappa shape index (κ2) is 7.49. The van der Waals surface area contributed by atoms with Gasteiger partial charge in [-0.1, -0.05) is 0 Å². The molecule has 2 heteroatoms. The van der Waals surface area contributed by atoms with E-state index in [1.54, 1.807) is 0 Å². The summed E-state index contributed by atoms with van der Waals surface area (Å²) in [6.07, 6.45) is 2.31. The molecule has 0 aliphatic carbocycles. The number of rotatable bonds is 5. The Bertz CT molecular complexity index is 33.5. The predicted molar refractivity (Wildman–Crippen MR) is 36.3 cm³/mol. The van der Waals surface area contributed by atoms with E-state index in [1.807, 2.05) is 0 Å². The van der Waals surface area contributed by atoms with Crippen LogP contribution < -0.4 is 0 Å². The van der Waals surface area contributed by atoms with Crippen LogP contribution in [0.5, 0.6) is 0 Å². The Balaban J connectivity index is 2.53. The van der Waals surface area contributed by atoms with E-state index >= 15 is 0 Å². The van der Waals surface area contributed by atoms with Crippen LogP contribution in [0.4, 0.5) is 0 Å². The van der Waals surface area contributed by atoms with Crippen molar-refractivity contribution >= 4 is 16.3 Å². The van der Waals surface area contributed by atoms with E-state index in [0.717, 1.165) is 24.9 Å². The minimum atomic E-state index is 0.921. The maximum atomic E-state index is 5.21. The molecule has 0 radical (unpaired) electrons. The van der Waals surface area contributed by atoms with E-state index in [1.165, 1.54) is 6.42 Å². The van der Waals surface area contributed by atoms with Gasteiger partial charge in [-0.25, -0.2) is 0 Å². The molecule has 0 aromatic heterocycles.